The molecule has 3 heteroatoms. The van der Waals surface area contributed by atoms with Crippen LogP contribution < -0.4 is 11.1 Å². The lowest BCUT2D eigenvalue weighted by atomic mass is 9.98. The molecule has 2 unspecified atom stereocenters. The Balaban J connectivity index is 1.43. The molecule has 3 nitrogen and oxygen atoms in total. The lowest BCUT2D eigenvalue weighted by molar-refractivity contribution is 0.0293. The number of hydrogen-bond acceptors (Lipinski definition) is 3. The van der Waals surface area contributed by atoms with E-state index in [2.05, 4.69) is 29.6 Å². The zero-order chi connectivity index (χ0) is 13.8. The summed E-state index contributed by atoms with van der Waals surface area (Å²) in [4.78, 5) is 0. The maximum absolute atomic E-state index is 6.19. The summed E-state index contributed by atoms with van der Waals surface area (Å²) in [5.74, 6) is 0. The summed E-state index contributed by atoms with van der Waals surface area (Å²) < 4.78 is 5.96. The molecule has 2 aliphatic rings. The molecule has 0 radical (unpaired) electrons. The molecule has 0 aromatic heterocycles. The molecule has 0 heterocycles. The van der Waals surface area contributed by atoms with Crippen LogP contribution in [0.2, 0.25) is 0 Å². The molecule has 3 N–H and O–H groups in total. The minimum absolute atomic E-state index is 0.183. The van der Waals surface area contributed by atoms with Crippen LogP contribution in [0, 0.1) is 0 Å². The summed E-state index contributed by atoms with van der Waals surface area (Å²) in [5.41, 5.74) is 8.86. The van der Waals surface area contributed by atoms with Gasteiger partial charge in [0.15, 0.2) is 0 Å². The predicted molar refractivity (Wildman–Crippen MR) is 81.6 cm³/mol. The van der Waals surface area contributed by atoms with Crippen LogP contribution in [-0.4, -0.2) is 19.3 Å². The second kappa shape index (κ2) is 6.70. The molecule has 1 aromatic carbocycles. The monoisotopic (exact) mass is 274 g/mol. The van der Waals surface area contributed by atoms with Gasteiger partial charge in [0, 0.05) is 18.6 Å². The lowest BCUT2D eigenvalue weighted by Gasteiger charge is -2.22. The van der Waals surface area contributed by atoms with Gasteiger partial charge in [0.05, 0.1) is 12.7 Å². The number of fused-ring (bicyclic) bond motifs is 1. The zero-order valence-corrected chi connectivity index (χ0v) is 12.2. The van der Waals surface area contributed by atoms with Crippen LogP contribution in [0.25, 0.3) is 0 Å². The molecule has 110 valence electrons. The Morgan fingerprint density at radius 2 is 1.85 bits per heavy atom. The van der Waals surface area contributed by atoms with Crippen LogP contribution in [0.1, 0.15) is 61.7 Å². The maximum atomic E-state index is 6.19. The van der Waals surface area contributed by atoms with Gasteiger partial charge < -0.3 is 15.8 Å². The molecule has 0 aliphatic heterocycles. The summed E-state index contributed by atoms with van der Waals surface area (Å²) in [6.07, 6.45) is 8.06. The quantitative estimate of drug-likeness (QED) is 0.811. The minimum atomic E-state index is 0.183. The van der Waals surface area contributed by atoms with Crippen LogP contribution in [0.15, 0.2) is 24.3 Å². The van der Waals surface area contributed by atoms with Crippen molar-refractivity contribution in [2.45, 2.75) is 56.7 Å². The number of rotatable bonds is 5. The number of ether oxygens (including phenoxy) is 1. The lowest BCUT2D eigenvalue weighted by Crippen LogP contribution is -2.27. The highest BCUT2D eigenvalue weighted by atomic mass is 16.5. The van der Waals surface area contributed by atoms with E-state index < -0.39 is 0 Å². The van der Waals surface area contributed by atoms with E-state index >= 15 is 0 Å². The van der Waals surface area contributed by atoms with Gasteiger partial charge in [0.25, 0.3) is 0 Å². The van der Waals surface area contributed by atoms with Gasteiger partial charge in [0.1, 0.15) is 0 Å². The third-order valence-electron chi connectivity index (χ3n) is 4.66. The summed E-state index contributed by atoms with van der Waals surface area (Å²) >= 11 is 0. The Labute approximate surface area is 121 Å². The van der Waals surface area contributed by atoms with E-state index in [0.29, 0.717) is 12.1 Å². The highest BCUT2D eigenvalue weighted by Gasteiger charge is 2.27. The van der Waals surface area contributed by atoms with Gasteiger partial charge in [-0.3, -0.25) is 0 Å². The number of benzene rings is 1. The van der Waals surface area contributed by atoms with E-state index in [4.69, 9.17) is 10.5 Å². The fourth-order valence-electron chi connectivity index (χ4n) is 3.56. The molecule has 2 atom stereocenters. The van der Waals surface area contributed by atoms with Crippen molar-refractivity contribution in [2.75, 3.05) is 13.2 Å². The van der Waals surface area contributed by atoms with Gasteiger partial charge in [-0.05, 0) is 30.4 Å². The maximum Gasteiger partial charge on any atom is 0.0594 e. The van der Waals surface area contributed by atoms with Gasteiger partial charge in [-0.25, -0.2) is 0 Å². The van der Waals surface area contributed by atoms with E-state index in [0.717, 1.165) is 19.6 Å². The molecule has 3 rings (SSSR count). The van der Waals surface area contributed by atoms with Gasteiger partial charge >= 0.3 is 0 Å². The van der Waals surface area contributed by atoms with Crippen LogP contribution >= 0.6 is 0 Å². The van der Waals surface area contributed by atoms with E-state index in [1.807, 2.05) is 0 Å². The molecule has 0 amide bonds. The van der Waals surface area contributed by atoms with Crippen LogP contribution in [0.3, 0.4) is 0 Å². The van der Waals surface area contributed by atoms with Crippen molar-refractivity contribution in [3.63, 3.8) is 0 Å². The second-order valence-corrected chi connectivity index (χ2v) is 6.11. The fraction of sp³-hybridized carbons (Fsp3) is 0.647. The Morgan fingerprint density at radius 1 is 1.10 bits per heavy atom. The predicted octanol–water partition coefficient (Wildman–Crippen LogP) is 3.07. The van der Waals surface area contributed by atoms with E-state index in [-0.39, 0.29) is 6.04 Å². The standard InChI is InChI=1S/C17H26N2O/c18-16-12-17(15-9-5-4-8-14(15)16)19-10-11-20-13-6-2-1-3-7-13/h4-5,8-9,13,16-17,19H,1-3,6-7,10-12,18H2. The van der Waals surface area contributed by atoms with Gasteiger partial charge in [-0.1, -0.05) is 43.5 Å². The number of nitrogens with one attached hydrogen (secondary N) is 1. The molecule has 20 heavy (non-hydrogen) atoms. The summed E-state index contributed by atoms with van der Waals surface area (Å²) in [7, 11) is 0. The molecule has 2 aliphatic carbocycles. The fourth-order valence-corrected chi connectivity index (χ4v) is 3.56. The molecule has 0 saturated heterocycles. The van der Waals surface area contributed by atoms with Gasteiger partial charge in [0.2, 0.25) is 0 Å². The molecule has 0 spiro atoms. The largest absolute Gasteiger partial charge is 0.377 e. The third-order valence-corrected chi connectivity index (χ3v) is 4.66. The van der Waals surface area contributed by atoms with E-state index in [1.54, 1.807) is 0 Å². The SMILES string of the molecule is NC1CC(NCCOC2CCCCC2)c2ccccc21. The zero-order valence-electron chi connectivity index (χ0n) is 12.2. The average molecular weight is 274 g/mol. The Kier molecular flexibility index (Phi) is 4.71. The van der Waals surface area contributed by atoms with Crippen molar-refractivity contribution < 1.29 is 4.74 Å². The minimum Gasteiger partial charge on any atom is -0.377 e. The Morgan fingerprint density at radius 3 is 2.65 bits per heavy atom. The van der Waals surface area contributed by atoms with Crippen molar-refractivity contribution in [1.29, 1.82) is 0 Å². The number of nitrogens with two attached hydrogens (primary N) is 1. The van der Waals surface area contributed by atoms with Crippen molar-refractivity contribution >= 4 is 0 Å². The molecule has 1 saturated carbocycles. The summed E-state index contributed by atoms with van der Waals surface area (Å²) in [6, 6.07) is 9.11. The molecule has 1 fully saturated rings. The Bertz CT molecular complexity index is 429. The highest BCUT2D eigenvalue weighted by molar-refractivity contribution is 5.37. The first-order valence-electron chi connectivity index (χ1n) is 8.04. The third kappa shape index (κ3) is 3.22. The van der Waals surface area contributed by atoms with Crippen LogP contribution in [-0.2, 0) is 4.74 Å². The van der Waals surface area contributed by atoms with Crippen LogP contribution in [0.5, 0.6) is 0 Å². The summed E-state index contributed by atoms with van der Waals surface area (Å²) in [5, 5.41) is 3.60. The molecular formula is C17H26N2O. The van der Waals surface area contributed by atoms with E-state index in [1.165, 1.54) is 43.2 Å². The normalized spacial score (nSPS) is 26.6. The van der Waals surface area contributed by atoms with Crippen molar-refractivity contribution in [3.05, 3.63) is 35.4 Å². The van der Waals surface area contributed by atoms with Gasteiger partial charge in [-0.2, -0.15) is 0 Å². The first-order valence-corrected chi connectivity index (χ1v) is 8.04. The average Bonchev–Trinajstić information content (AvgIpc) is 2.82. The van der Waals surface area contributed by atoms with E-state index in [9.17, 15) is 0 Å². The first kappa shape index (κ1) is 14.1. The van der Waals surface area contributed by atoms with Crippen molar-refractivity contribution in [3.8, 4) is 0 Å². The van der Waals surface area contributed by atoms with Crippen molar-refractivity contribution in [2.24, 2.45) is 5.73 Å². The molecular weight excluding hydrogens is 248 g/mol. The highest BCUT2D eigenvalue weighted by Crippen LogP contribution is 2.36. The molecule has 1 aromatic rings. The molecule has 0 bridgehead atoms. The summed E-state index contributed by atoms with van der Waals surface area (Å²) in [6.45, 7) is 1.74. The number of hydrogen-bond donors (Lipinski definition) is 2. The first-order chi connectivity index (χ1) is 9.84. The van der Waals surface area contributed by atoms with Crippen molar-refractivity contribution in [1.82, 2.24) is 5.32 Å². The van der Waals surface area contributed by atoms with Gasteiger partial charge in [-0.15, -0.1) is 0 Å². The smallest absolute Gasteiger partial charge is 0.0594 e. The Hall–Kier alpha value is -0.900. The second-order valence-electron chi connectivity index (χ2n) is 6.11. The van der Waals surface area contributed by atoms with Crippen LogP contribution in [0.4, 0.5) is 0 Å². The topological polar surface area (TPSA) is 47.3 Å².